The maximum absolute atomic E-state index is 12.9. The van der Waals surface area contributed by atoms with Gasteiger partial charge in [-0.05, 0) is 93.4 Å². The van der Waals surface area contributed by atoms with Crippen molar-refractivity contribution in [1.82, 2.24) is 9.78 Å². The first-order valence-electron chi connectivity index (χ1n) is 12.6. The fourth-order valence-corrected chi connectivity index (χ4v) is 4.44. The van der Waals surface area contributed by atoms with E-state index in [9.17, 15) is 19.8 Å². The lowest BCUT2D eigenvalue weighted by atomic mass is 10.1. The van der Waals surface area contributed by atoms with Crippen LogP contribution in [-0.4, -0.2) is 56.6 Å². The third kappa shape index (κ3) is 5.53. The van der Waals surface area contributed by atoms with Gasteiger partial charge in [0.2, 0.25) is 0 Å². The van der Waals surface area contributed by atoms with Crippen LogP contribution >= 0.6 is 0 Å². The number of aliphatic hydroxyl groups excluding tert-OH is 1. The van der Waals surface area contributed by atoms with Crippen LogP contribution in [0.1, 0.15) is 37.0 Å². The van der Waals surface area contributed by atoms with Crippen LogP contribution in [0.15, 0.2) is 72.9 Å². The van der Waals surface area contributed by atoms with Gasteiger partial charge in [-0.1, -0.05) is 0 Å². The molecule has 38 heavy (non-hydrogen) atoms. The largest absolute Gasteiger partial charge is 0.393 e. The number of hydrogen-bond donors (Lipinski definition) is 4. The minimum absolute atomic E-state index is 0.193. The average Bonchev–Trinajstić information content (AvgIpc) is 3.32. The van der Waals surface area contributed by atoms with Gasteiger partial charge in [-0.15, -0.1) is 0 Å². The van der Waals surface area contributed by atoms with Gasteiger partial charge in [0.15, 0.2) is 0 Å². The molecule has 4 aromatic rings. The molecule has 9 heteroatoms. The van der Waals surface area contributed by atoms with E-state index in [0.29, 0.717) is 16.9 Å². The van der Waals surface area contributed by atoms with Crippen molar-refractivity contribution in [2.24, 2.45) is 0 Å². The number of anilines is 3. The minimum atomic E-state index is -1.47. The molecule has 1 fully saturated rings. The Morgan fingerprint density at radius 2 is 1.53 bits per heavy atom. The molecule has 1 saturated heterocycles. The predicted octanol–water partition coefficient (Wildman–Crippen LogP) is 3.95. The van der Waals surface area contributed by atoms with Crippen molar-refractivity contribution >= 4 is 39.8 Å². The van der Waals surface area contributed by atoms with Crippen LogP contribution in [-0.2, 0) is 4.79 Å². The number of aromatic nitrogens is 2. The smallest absolute Gasteiger partial charge is 0.255 e. The summed E-state index contributed by atoms with van der Waals surface area (Å²) in [6.45, 7) is 4.48. The number of aliphatic hydroxyl groups is 2. The lowest BCUT2D eigenvalue weighted by molar-refractivity contribution is -0.130. The number of rotatable bonds is 6. The summed E-state index contributed by atoms with van der Waals surface area (Å²) in [6.07, 6.45) is 3.03. The maximum atomic E-state index is 12.9. The Balaban J connectivity index is 1.26. The molecule has 0 radical (unpaired) electrons. The average molecular weight is 514 g/mol. The third-order valence-electron chi connectivity index (χ3n) is 6.71. The third-order valence-corrected chi connectivity index (χ3v) is 6.71. The summed E-state index contributed by atoms with van der Waals surface area (Å²) in [5.41, 5.74) is 3.07. The molecule has 0 spiro atoms. The molecule has 0 saturated carbocycles. The number of hydrogen-bond acceptors (Lipinski definition) is 6. The van der Waals surface area contributed by atoms with E-state index in [1.807, 2.05) is 54.6 Å². The zero-order chi connectivity index (χ0) is 26.9. The van der Waals surface area contributed by atoms with Gasteiger partial charge in [0, 0.05) is 41.1 Å². The number of amides is 2. The molecule has 4 N–H and O–H groups in total. The normalized spacial score (nSPS) is 14.5. The Bertz CT molecular complexity index is 1450. The molecule has 1 aliphatic heterocycles. The first-order chi connectivity index (χ1) is 18.2. The Hall–Kier alpha value is -4.21. The van der Waals surface area contributed by atoms with E-state index in [1.54, 1.807) is 23.0 Å². The summed E-state index contributed by atoms with van der Waals surface area (Å²) < 4.78 is 1.78. The quantitative estimate of drug-likeness (QED) is 0.310. The molecule has 0 atom stereocenters. The molecular formula is C29H31N5O4. The first-order valence-corrected chi connectivity index (χ1v) is 12.6. The van der Waals surface area contributed by atoms with Crippen LogP contribution in [0.3, 0.4) is 0 Å². The zero-order valence-electron chi connectivity index (χ0n) is 21.4. The second-order valence-electron chi connectivity index (χ2n) is 10.1. The van der Waals surface area contributed by atoms with Gasteiger partial charge in [0.05, 0.1) is 23.5 Å². The number of benzene rings is 3. The van der Waals surface area contributed by atoms with Crippen LogP contribution in [0.4, 0.5) is 17.1 Å². The molecule has 196 valence electrons. The summed E-state index contributed by atoms with van der Waals surface area (Å²) >= 11 is 0. The summed E-state index contributed by atoms with van der Waals surface area (Å²) in [5.74, 6) is -0.677. The molecule has 9 nitrogen and oxygen atoms in total. The highest BCUT2D eigenvalue weighted by molar-refractivity contribution is 6.05. The monoisotopic (exact) mass is 513 g/mol. The number of fused-ring (bicyclic) bond motifs is 1. The molecule has 1 aromatic heterocycles. The molecule has 2 heterocycles. The van der Waals surface area contributed by atoms with E-state index in [4.69, 9.17) is 0 Å². The van der Waals surface area contributed by atoms with Crippen molar-refractivity contribution in [3.63, 3.8) is 0 Å². The molecule has 0 bridgehead atoms. The van der Waals surface area contributed by atoms with Gasteiger partial charge in [-0.3, -0.25) is 9.59 Å². The molecule has 3 aromatic carbocycles. The van der Waals surface area contributed by atoms with Crippen molar-refractivity contribution in [1.29, 1.82) is 0 Å². The van der Waals surface area contributed by atoms with Crippen molar-refractivity contribution in [2.45, 2.75) is 38.4 Å². The molecule has 5 rings (SSSR count). The topological polar surface area (TPSA) is 120 Å². The predicted molar refractivity (Wildman–Crippen MR) is 148 cm³/mol. The van der Waals surface area contributed by atoms with Crippen LogP contribution in [0.5, 0.6) is 0 Å². The van der Waals surface area contributed by atoms with E-state index in [-0.39, 0.29) is 12.0 Å². The van der Waals surface area contributed by atoms with Crippen LogP contribution < -0.4 is 15.5 Å². The second-order valence-corrected chi connectivity index (χ2v) is 10.1. The summed E-state index contributed by atoms with van der Waals surface area (Å²) in [7, 11) is 0. The van der Waals surface area contributed by atoms with E-state index in [2.05, 4.69) is 20.6 Å². The molecule has 2 amide bonds. The van der Waals surface area contributed by atoms with Crippen LogP contribution in [0, 0.1) is 0 Å². The lowest BCUT2D eigenvalue weighted by Gasteiger charge is -2.31. The molecule has 0 unspecified atom stereocenters. The molecule has 1 aliphatic rings. The van der Waals surface area contributed by atoms with E-state index in [0.717, 1.165) is 48.2 Å². The standard InChI is InChI=1S/C29H31N5O4/c1-29(2,38)28(37)32-21-5-10-24(11-6-21)34-26-12-7-22(17-20(26)18-30-34)31-27(36)19-3-8-23(9-4-19)33-15-13-25(35)14-16-33/h3-12,17-18,25,35,38H,13-16H2,1-2H3,(H,31,36)(H,32,37). The number of nitrogens with one attached hydrogen (secondary N) is 2. The Kier molecular flexibility index (Phi) is 6.88. The fraction of sp³-hybridized carbons (Fsp3) is 0.276. The fourth-order valence-electron chi connectivity index (χ4n) is 4.44. The van der Waals surface area contributed by atoms with Gasteiger partial charge < -0.3 is 25.7 Å². The van der Waals surface area contributed by atoms with Gasteiger partial charge in [-0.25, -0.2) is 4.68 Å². The zero-order valence-corrected chi connectivity index (χ0v) is 21.4. The highest BCUT2D eigenvalue weighted by Gasteiger charge is 2.23. The van der Waals surface area contributed by atoms with Gasteiger partial charge in [0.1, 0.15) is 5.60 Å². The summed E-state index contributed by atoms with van der Waals surface area (Å²) in [6, 6.07) is 20.3. The van der Waals surface area contributed by atoms with Crippen molar-refractivity contribution in [3.05, 3.63) is 78.5 Å². The van der Waals surface area contributed by atoms with Gasteiger partial charge in [-0.2, -0.15) is 5.10 Å². The molecular weight excluding hydrogens is 482 g/mol. The summed E-state index contributed by atoms with van der Waals surface area (Å²) in [5, 5.41) is 30.5. The van der Waals surface area contributed by atoms with E-state index >= 15 is 0 Å². The van der Waals surface area contributed by atoms with Gasteiger partial charge in [0.25, 0.3) is 11.8 Å². The minimum Gasteiger partial charge on any atom is -0.393 e. The SMILES string of the molecule is CC(C)(O)C(=O)Nc1ccc(-n2ncc3cc(NC(=O)c4ccc(N5CCC(O)CC5)cc4)ccc32)cc1. The van der Waals surface area contributed by atoms with Crippen molar-refractivity contribution in [3.8, 4) is 5.69 Å². The number of nitrogens with zero attached hydrogens (tertiary/aromatic N) is 3. The van der Waals surface area contributed by atoms with Crippen molar-refractivity contribution in [2.75, 3.05) is 28.6 Å². The number of carbonyl (C=O) groups is 2. The first kappa shape index (κ1) is 25.4. The van der Waals surface area contributed by atoms with E-state index in [1.165, 1.54) is 13.8 Å². The Labute approximate surface area is 220 Å². The van der Waals surface area contributed by atoms with Crippen molar-refractivity contribution < 1.29 is 19.8 Å². The lowest BCUT2D eigenvalue weighted by Crippen LogP contribution is -2.36. The number of piperidine rings is 1. The summed E-state index contributed by atoms with van der Waals surface area (Å²) in [4.78, 5) is 27.1. The number of carbonyl (C=O) groups excluding carboxylic acids is 2. The second kappa shape index (κ2) is 10.3. The van der Waals surface area contributed by atoms with Crippen LogP contribution in [0.25, 0.3) is 16.6 Å². The Morgan fingerprint density at radius 1 is 0.895 bits per heavy atom. The maximum Gasteiger partial charge on any atom is 0.255 e. The van der Waals surface area contributed by atoms with Gasteiger partial charge >= 0.3 is 0 Å². The Morgan fingerprint density at radius 3 is 2.18 bits per heavy atom. The highest BCUT2D eigenvalue weighted by Crippen LogP contribution is 2.25. The van der Waals surface area contributed by atoms with E-state index < -0.39 is 11.5 Å². The van der Waals surface area contributed by atoms with Crippen LogP contribution in [0.2, 0.25) is 0 Å². The molecule has 0 aliphatic carbocycles. The highest BCUT2D eigenvalue weighted by atomic mass is 16.3.